The first-order chi connectivity index (χ1) is 15.6. The van der Waals surface area contributed by atoms with Crippen LogP contribution in [0.5, 0.6) is 11.5 Å². The number of ether oxygens (including phenoxy) is 2. The van der Waals surface area contributed by atoms with Gasteiger partial charge in [0, 0.05) is 37.4 Å². The Morgan fingerprint density at radius 2 is 1.78 bits per heavy atom. The Hall–Kier alpha value is -2.73. The summed E-state index contributed by atoms with van der Waals surface area (Å²) in [5.41, 5.74) is 4.53. The molecule has 3 aliphatic heterocycles. The molecule has 3 heterocycles. The van der Waals surface area contributed by atoms with Gasteiger partial charge in [0.15, 0.2) is 11.5 Å². The molecule has 0 atom stereocenters. The number of rotatable bonds is 7. The van der Waals surface area contributed by atoms with Crippen LogP contribution in [-0.4, -0.2) is 73.5 Å². The van der Waals surface area contributed by atoms with E-state index in [1.54, 1.807) is 14.2 Å². The van der Waals surface area contributed by atoms with Crippen LogP contribution in [0.4, 0.5) is 0 Å². The van der Waals surface area contributed by atoms with E-state index in [1.807, 2.05) is 18.2 Å². The Balaban J connectivity index is 1.48. The zero-order chi connectivity index (χ0) is 22.7. The maximum absolute atomic E-state index is 5.47. The Labute approximate surface area is 192 Å². The predicted octanol–water partition coefficient (Wildman–Crippen LogP) is 4.37. The molecule has 1 fully saturated rings. The summed E-state index contributed by atoms with van der Waals surface area (Å²) in [5, 5.41) is 0. The first-order valence-electron chi connectivity index (χ1n) is 11.7. The van der Waals surface area contributed by atoms with Crippen molar-refractivity contribution < 1.29 is 9.47 Å². The average molecular weight is 437 g/mol. The van der Waals surface area contributed by atoms with Crippen molar-refractivity contribution in [3.05, 3.63) is 53.4 Å². The van der Waals surface area contributed by atoms with E-state index in [4.69, 9.17) is 14.5 Å². The molecule has 0 radical (unpaired) electrons. The van der Waals surface area contributed by atoms with Crippen molar-refractivity contribution in [3.63, 3.8) is 0 Å². The van der Waals surface area contributed by atoms with Crippen LogP contribution in [0.1, 0.15) is 39.2 Å². The standard InChI is InChI=1S/C26H36N4O2/c1-6-28(7-2)21-10-13-29(14-11-21)22-16-19(3)26-27-23(12-15-30(26)18-22)20-8-9-24(31-4)25(17-20)32-5/h8-9,12,16-18,21H,6-7,10-11,13-15H2,1-5H3. The number of methoxy groups -OCH3 is 2. The van der Waals surface area contributed by atoms with Gasteiger partial charge in [-0.05, 0) is 68.8 Å². The molecule has 0 bridgehead atoms. The molecule has 32 heavy (non-hydrogen) atoms. The van der Waals surface area contributed by atoms with Crippen molar-refractivity contribution in [1.29, 1.82) is 0 Å². The van der Waals surface area contributed by atoms with Crippen LogP contribution in [0.25, 0.3) is 5.70 Å². The lowest BCUT2D eigenvalue weighted by atomic mass is 10.0. The van der Waals surface area contributed by atoms with Gasteiger partial charge in [-0.3, -0.25) is 0 Å². The summed E-state index contributed by atoms with van der Waals surface area (Å²) in [4.78, 5) is 12.4. The molecule has 3 aliphatic rings. The van der Waals surface area contributed by atoms with E-state index < -0.39 is 0 Å². The number of likely N-dealkylation sites (tertiary alicyclic amines) is 1. The van der Waals surface area contributed by atoms with E-state index in [0.717, 1.165) is 67.4 Å². The number of fused-ring (bicyclic) bond motifs is 1. The molecule has 1 aromatic rings. The van der Waals surface area contributed by atoms with Gasteiger partial charge in [-0.2, -0.15) is 0 Å². The van der Waals surface area contributed by atoms with Crippen molar-refractivity contribution in [3.8, 4) is 11.5 Å². The molecule has 0 unspecified atom stereocenters. The van der Waals surface area contributed by atoms with E-state index in [0.29, 0.717) is 0 Å². The second-order valence-corrected chi connectivity index (χ2v) is 8.57. The number of piperidine rings is 1. The van der Waals surface area contributed by atoms with Crippen molar-refractivity contribution in [2.45, 2.75) is 39.7 Å². The number of amidine groups is 1. The van der Waals surface area contributed by atoms with Crippen molar-refractivity contribution in [2.24, 2.45) is 4.99 Å². The predicted molar refractivity (Wildman–Crippen MR) is 131 cm³/mol. The third-order valence-electron chi connectivity index (χ3n) is 6.82. The minimum absolute atomic E-state index is 0.717. The number of aliphatic imine (C=N–C) groups is 1. The number of allylic oxidation sites excluding steroid dienone is 1. The lowest BCUT2D eigenvalue weighted by Gasteiger charge is -2.41. The van der Waals surface area contributed by atoms with Gasteiger partial charge in [0.25, 0.3) is 0 Å². The molecule has 1 aromatic carbocycles. The summed E-state index contributed by atoms with van der Waals surface area (Å²) in [7, 11) is 3.32. The van der Waals surface area contributed by atoms with E-state index in [2.05, 4.69) is 53.8 Å². The third-order valence-corrected chi connectivity index (χ3v) is 6.82. The van der Waals surface area contributed by atoms with Gasteiger partial charge in [-0.25, -0.2) is 4.99 Å². The maximum atomic E-state index is 5.47. The molecule has 6 nitrogen and oxygen atoms in total. The SMILES string of the molecule is CCN(CC)C1CCN(C2=CN3CC=C(c4ccc(OC)c(OC)c4)N=C3C(C)=C2)CC1. The summed E-state index contributed by atoms with van der Waals surface area (Å²) in [6.45, 7) is 12.0. The fourth-order valence-electron chi connectivity index (χ4n) is 4.99. The van der Waals surface area contributed by atoms with Gasteiger partial charge in [0.2, 0.25) is 0 Å². The number of benzene rings is 1. The molecule has 1 saturated heterocycles. The van der Waals surface area contributed by atoms with E-state index in [-0.39, 0.29) is 0 Å². The Morgan fingerprint density at radius 3 is 2.44 bits per heavy atom. The Morgan fingerprint density at radius 1 is 1.06 bits per heavy atom. The Kier molecular flexibility index (Phi) is 6.89. The largest absolute Gasteiger partial charge is 0.493 e. The summed E-state index contributed by atoms with van der Waals surface area (Å²) in [5.74, 6) is 2.48. The molecule has 0 aliphatic carbocycles. The summed E-state index contributed by atoms with van der Waals surface area (Å²) in [6, 6.07) is 6.68. The first-order valence-corrected chi connectivity index (χ1v) is 11.7. The summed E-state index contributed by atoms with van der Waals surface area (Å²) >= 11 is 0. The van der Waals surface area contributed by atoms with Crippen LogP contribution in [0.15, 0.2) is 52.8 Å². The van der Waals surface area contributed by atoms with Gasteiger partial charge >= 0.3 is 0 Å². The fraction of sp³-hybridized carbons (Fsp3) is 0.500. The highest BCUT2D eigenvalue weighted by Gasteiger charge is 2.27. The topological polar surface area (TPSA) is 40.5 Å². The van der Waals surface area contributed by atoms with E-state index >= 15 is 0 Å². The first kappa shape index (κ1) is 22.5. The second-order valence-electron chi connectivity index (χ2n) is 8.57. The van der Waals surface area contributed by atoms with Crippen molar-refractivity contribution >= 4 is 11.5 Å². The van der Waals surface area contributed by atoms with Gasteiger partial charge < -0.3 is 24.2 Å². The quantitative estimate of drug-likeness (QED) is 0.635. The average Bonchev–Trinajstić information content (AvgIpc) is 2.84. The molecule has 6 heteroatoms. The number of hydrogen-bond donors (Lipinski definition) is 0. The van der Waals surface area contributed by atoms with Crippen molar-refractivity contribution in [2.75, 3.05) is 46.9 Å². The van der Waals surface area contributed by atoms with Crippen LogP contribution >= 0.6 is 0 Å². The summed E-state index contributed by atoms with van der Waals surface area (Å²) < 4.78 is 10.8. The van der Waals surface area contributed by atoms with Crippen LogP contribution in [-0.2, 0) is 0 Å². The third kappa shape index (κ3) is 4.42. The van der Waals surface area contributed by atoms with Crippen LogP contribution in [0.2, 0.25) is 0 Å². The van der Waals surface area contributed by atoms with E-state index in [9.17, 15) is 0 Å². The van der Waals surface area contributed by atoms with Gasteiger partial charge in [0.05, 0.1) is 25.6 Å². The molecule has 0 spiro atoms. The number of hydrogen-bond acceptors (Lipinski definition) is 6. The zero-order valence-corrected chi connectivity index (χ0v) is 20.1. The lowest BCUT2D eigenvalue weighted by molar-refractivity contribution is 0.135. The van der Waals surface area contributed by atoms with E-state index in [1.165, 1.54) is 24.1 Å². The molecule has 172 valence electrons. The molecular formula is C26H36N4O2. The minimum Gasteiger partial charge on any atom is -0.493 e. The zero-order valence-electron chi connectivity index (χ0n) is 20.1. The lowest BCUT2D eigenvalue weighted by Crippen LogP contribution is -2.45. The second kappa shape index (κ2) is 9.82. The maximum Gasteiger partial charge on any atom is 0.161 e. The fourth-order valence-corrected chi connectivity index (χ4v) is 4.99. The normalized spacial score (nSPS) is 19.2. The Bertz CT molecular complexity index is 951. The van der Waals surface area contributed by atoms with Crippen LogP contribution in [0, 0.1) is 0 Å². The number of nitrogens with zero attached hydrogens (tertiary/aromatic N) is 4. The van der Waals surface area contributed by atoms with Crippen LogP contribution < -0.4 is 9.47 Å². The van der Waals surface area contributed by atoms with Gasteiger partial charge in [0.1, 0.15) is 5.84 Å². The highest BCUT2D eigenvalue weighted by molar-refractivity contribution is 6.04. The smallest absolute Gasteiger partial charge is 0.161 e. The molecule has 0 N–H and O–H groups in total. The van der Waals surface area contributed by atoms with Crippen molar-refractivity contribution in [1.82, 2.24) is 14.7 Å². The van der Waals surface area contributed by atoms with Gasteiger partial charge in [-0.15, -0.1) is 0 Å². The highest BCUT2D eigenvalue weighted by atomic mass is 16.5. The molecule has 0 saturated carbocycles. The molecule has 0 aromatic heterocycles. The van der Waals surface area contributed by atoms with Crippen LogP contribution in [0.3, 0.4) is 0 Å². The molecule has 4 rings (SSSR count). The van der Waals surface area contributed by atoms with Gasteiger partial charge in [-0.1, -0.05) is 13.8 Å². The molecular weight excluding hydrogens is 400 g/mol. The monoisotopic (exact) mass is 436 g/mol. The minimum atomic E-state index is 0.717. The summed E-state index contributed by atoms with van der Waals surface area (Å²) in [6.07, 6.45) is 9.21. The molecule has 0 amide bonds. The highest BCUT2D eigenvalue weighted by Crippen LogP contribution is 2.33.